The monoisotopic (exact) mass is 402 g/mol. The third kappa shape index (κ3) is 5.33. The van der Waals surface area contributed by atoms with Crippen molar-refractivity contribution in [3.8, 4) is 0 Å². The van der Waals surface area contributed by atoms with E-state index in [1.165, 1.54) is 18.2 Å². The van der Waals surface area contributed by atoms with Crippen LogP contribution in [0.5, 0.6) is 0 Å². The molecule has 0 spiro atoms. The summed E-state index contributed by atoms with van der Waals surface area (Å²) >= 11 is 6.00. The second-order valence-corrected chi connectivity index (χ2v) is 7.07. The Hall–Kier alpha value is -2.37. The van der Waals surface area contributed by atoms with Gasteiger partial charge in [-0.05, 0) is 47.9 Å². The molecule has 0 bridgehead atoms. The highest BCUT2D eigenvalue weighted by molar-refractivity contribution is 6.32. The van der Waals surface area contributed by atoms with E-state index in [9.17, 15) is 9.18 Å². The zero-order valence-corrected chi connectivity index (χ0v) is 16.6. The summed E-state index contributed by atoms with van der Waals surface area (Å²) in [5.41, 5.74) is 2.80. The number of carbonyl (C=O) groups is 1. The standard InChI is InChI=1S/C22H24ClFN2O2/c1-2-21(17-4-3-5-19(14-17)26-10-12-28-13-11-26)25-22(27)9-7-16-6-8-18(24)15-20(16)23/h3-9,14-15,21H,2,10-13H2,1H3,(H,25,27)/b9-7+. The van der Waals surface area contributed by atoms with Gasteiger partial charge in [-0.3, -0.25) is 4.79 Å². The summed E-state index contributed by atoms with van der Waals surface area (Å²) in [7, 11) is 0. The number of amides is 1. The molecule has 0 radical (unpaired) electrons. The maximum absolute atomic E-state index is 13.1. The lowest BCUT2D eigenvalue weighted by Gasteiger charge is -2.29. The Morgan fingerprint density at radius 2 is 2.07 bits per heavy atom. The van der Waals surface area contributed by atoms with Gasteiger partial charge in [0.2, 0.25) is 5.91 Å². The Kier molecular flexibility index (Phi) is 7.06. The van der Waals surface area contributed by atoms with E-state index in [4.69, 9.17) is 16.3 Å². The van der Waals surface area contributed by atoms with Gasteiger partial charge in [0.15, 0.2) is 0 Å². The van der Waals surface area contributed by atoms with E-state index in [2.05, 4.69) is 22.3 Å². The molecule has 28 heavy (non-hydrogen) atoms. The average molecular weight is 403 g/mol. The maximum Gasteiger partial charge on any atom is 0.244 e. The average Bonchev–Trinajstić information content (AvgIpc) is 2.72. The molecule has 4 nitrogen and oxygen atoms in total. The molecular formula is C22H24ClFN2O2. The second-order valence-electron chi connectivity index (χ2n) is 6.66. The van der Waals surface area contributed by atoms with Gasteiger partial charge in [-0.15, -0.1) is 0 Å². The highest BCUT2D eigenvalue weighted by Gasteiger charge is 2.15. The van der Waals surface area contributed by atoms with Crippen LogP contribution < -0.4 is 10.2 Å². The minimum absolute atomic E-state index is 0.0955. The van der Waals surface area contributed by atoms with Gasteiger partial charge in [0.05, 0.1) is 24.3 Å². The van der Waals surface area contributed by atoms with E-state index < -0.39 is 5.82 Å². The number of benzene rings is 2. The summed E-state index contributed by atoms with van der Waals surface area (Å²) in [5, 5.41) is 3.30. The van der Waals surface area contributed by atoms with E-state index in [-0.39, 0.29) is 17.0 Å². The zero-order chi connectivity index (χ0) is 19.9. The minimum atomic E-state index is -0.405. The summed E-state index contributed by atoms with van der Waals surface area (Å²) in [4.78, 5) is 14.7. The van der Waals surface area contributed by atoms with Crippen LogP contribution in [0.3, 0.4) is 0 Å². The first kappa shape index (κ1) is 20.4. The summed E-state index contributed by atoms with van der Waals surface area (Å²) in [6.45, 7) is 5.23. The fourth-order valence-corrected chi connectivity index (χ4v) is 3.43. The molecule has 1 fully saturated rings. The lowest BCUT2D eigenvalue weighted by molar-refractivity contribution is -0.117. The number of nitrogens with zero attached hydrogens (tertiary/aromatic N) is 1. The first-order valence-corrected chi connectivity index (χ1v) is 9.81. The van der Waals surface area contributed by atoms with E-state index in [0.29, 0.717) is 5.56 Å². The van der Waals surface area contributed by atoms with Gasteiger partial charge in [0, 0.05) is 24.9 Å². The predicted molar refractivity (Wildman–Crippen MR) is 111 cm³/mol. The summed E-state index contributed by atoms with van der Waals surface area (Å²) < 4.78 is 18.5. The Labute approximate surface area is 169 Å². The number of rotatable bonds is 6. The fourth-order valence-electron chi connectivity index (χ4n) is 3.20. The van der Waals surface area contributed by atoms with E-state index in [1.807, 2.05) is 19.1 Å². The quantitative estimate of drug-likeness (QED) is 0.718. The number of ether oxygens (including phenoxy) is 1. The van der Waals surface area contributed by atoms with Crippen molar-refractivity contribution in [3.05, 3.63) is 70.5 Å². The van der Waals surface area contributed by atoms with E-state index in [0.717, 1.165) is 44.0 Å². The number of hydrogen-bond acceptors (Lipinski definition) is 3. The SMILES string of the molecule is CCC(NC(=O)/C=C/c1ccc(F)cc1Cl)c1cccc(N2CCOCC2)c1. The smallest absolute Gasteiger partial charge is 0.244 e. The van der Waals surface area contributed by atoms with Crippen molar-refractivity contribution in [3.63, 3.8) is 0 Å². The molecule has 1 aliphatic heterocycles. The third-order valence-corrected chi connectivity index (χ3v) is 5.08. The van der Waals surface area contributed by atoms with Gasteiger partial charge in [-0.2, -0.15) is 0 Å². The number of morpholine rings is 1. The van der Waals surface area contributed by atoms with Crippen LogP contribution in [0.2, 0.25) is 5.02 Å². The van der Waals surface area contributed by atoms with Crippen molar-refractivity contribution in [2.75, 3.05) is 31.2 Å². The van der Waals surface area contributed by atoms with Crippen LogP contribution >= 0.6 is 11.6 Å². The largest absolute Gasteiger partial charge is 0.378 e. The molecule has 1 N–H and O–H groups in total. The summed E-state index contributed by atoms with van der Waals surface area (Å²) in [6.07, 6.45) is 3.78. The molecule has 1 saturated heterocycles. The van der Waals surface area contributed by atoms with Crippen LogP contribution in [-0.2, 0) is 9.53 Å². The van der Waals surface area contributed by atoms with Crippen molar-refractivity contribution in [1.29, 1.82) is 0 Å². The number of hydrogen-bond donors (Lipinski definition) is 1. The molecular weight excluding hydrogens is 379 g/mol. The Morgan fingerprint density at radius 3 is 2.79 bits per heavy atom. The van der Waals surface area contributed by atoms with Crippen LogP contribution in [-0.4, -0.2) is 32.2 Å². The molecule has 1 aliphatic rings. The molecule has 6 heteroatoms. The van der Waals surface area contributed by atoms with E-state index in [1.54, 1.807) is 12.1 Å². The zero-order valence-electron chi connectivity index (χ0n) is 15.8. The van der Waals surface area contributed by atoms with Crippen molar-refractivity contribution >= 4 is 29.3 Å². The molecule has 2 aromatic rings. The molecule has 1 atom stereocenters. The highest BCUT2D eigenvalue weighted by Crippen LogP contribution is 2.24. The van der Waals surface area contributed by atoms with E-state index >= 15 is 0 Å². The van der Waals surface area contributed by atoms with Crippen LogP contribution in [0.25, 0.3) is 6.08 Å². The van der Waals surface area contributed by atoms with Crippen LogP contribution in [0.15, 0.2) is 48.5 Å². The molecule has 1 unspecified atom stereocenters. The molecule has 148 valence electrons. The first-order chi connectivity index (χ1) is 13.6. The number of nitrogens with one attached hydrogen (secondary N) is 1. The summed E-state index contributed by atoms with van der Waals surface area (Å²) in [5.74, 6) is -0.623. The van der Waals surface area contributed by atoms with Gasteiger partial charge >= 0.3 is 0 Å². The molecule has 1 amide bonds. The molecule has 0 aliphatic carbocycles. The highest BCUT2D eigenvalue weighted by atomic mass is 35.5. The number of halogens is 2. The maximum atomic E-state index is 13.1. The van der Waals surface area contributed by atoms with Gasteiger partial charge in [-0.1, -0.05) is 36.7 Å². The lowest BCUT2D eigenvalue weighted by atomic mass is 10.0. The fraction of sp³-hybridized carbons (Fsp3) is 0.318. The molecule has 0 saturated carbocycles. The first-order valence-electron chi connectivity index (χ1n) is 9.43. The normalized spacial score (nSPS) is 15.6. The second kappa shape index (κ2) is 9.71. The van der Waals surface area contributed by atoms with Crippen molar-refractivity contribution < 1.29 is 13.9 Å². The third-order valence-electron chi connectivity index (χ3n) is 4.75. The van der Waals surface area contributed by atoms with Gasteiger partial charge < -0.3 is 15.0 Å². The lowest BCUT2D eigenvalue weighted by Crippen LogP contribution is -2.36. The minimum Gasteiger partial charge on any atom is -0.378 e. The number of anilines is 1. The van der Waals surface area contributed by atoms with Crippen LogP contribution in [0, 0.1) is 5.82 Å². The number of carbonyl (C=O) groups excluding carboxylic acids is 1. The summed E-state index contributed by atoms with van der Waals surface area (Å²) in [6, 6.07) is 12.2. The molecule has 0 aromatic heterocycles. The van der Waals surface area contributed by atoms with Crippen molar-refractivity contribution in [2.24, 2.45) is 0 Å². The van der Waals surface area contributed by atoms with Crippen molar-refractivity contribution in [1.82, 2.24) is 5.32 Å². The Bertz CT molecular complexity index is 850. The molecule has 3 rings (SSSR count). The Morgan fingerprint density at radius 1 is 1.29 bits per heavy atom. The van der Waals surface area contributed by atoms with Gasteiger partial charge in [0.1, 0.15) is 5.82 Å². The molecule has 2 aromatic carbocycles. The van der Waals surface area contributed by atoms with Crippen molar-refractivity contribution in [2.45, 2.75) is 19.4 Å². The topological polar surface area (TPSA) is 41.6 Å². The van der Waals surface area contributed by atoms with Gasteiger partial charge in [0.25, 0.3) is 0 Å². The Balaban J connectivity index is 1.67. The predicted octanol–water partition coefficient (Wildman–Crippen LogP) is 4.60. The molecule has 1 heterocycles. The van der Waals surface area contributed by atoms with Crippen LogP contribution in [0.1, 0.15) is 30.5 Å². The van der Waals surface area contributed by atoms with Gasteiger partial charge in [-0.25, -0.2) is 4.39 Å². The van der Waals surface area contributed by atoms with Crippen LogP contribution in [0.4, 0.5) is 10.1 Å².